The van der Waals surface area contributed by atoms with Crippen molar-refractivity contribution >= 4 is 12.6 Å². The summed E-state index contributed by atoms with van der Waals surface area (Å²) in [6.07, 6.45) is 3.82. The fourth-order valence-corrected chi connectivity index (χ4v) is 1.73. The van der Waals surface area contributed by atoms with Crippen LogP contribution in [0.25, 0.3) is 0 Å². The average Bonchev–Trinajstić information content (AvgIpc) is 2.51. The molecule has 0 amide bonds. The van der Waals surface area contributed by atoms with Crippen LogP contribution in [0.4, 0.5) is 0 Å². The highest BCUT2D eigenvalue weighted by atomic mass is 32.1. The molecule has 0 spiro atoms. The standard InChI is InChI=1S/C11H21N3S/c1-11(2,9-15)8-13(3)7-10-12-5-6-14(10)4/h5-6,15H,7-9H2,1-4H3. The van der Waals surface area contributed by atoms with Gasteiger partial charge in [-0.05, 0) is 18.2 Å². The first-order chi connectivity index (χ1) is 6.94. The number of rotatable bonds is 5. The van der Waals surface area contributed by atoms with Gasteiger partial charge >= 0.3 is 0 Å². The number of thiol groups is 1. The summed E-state index contributed by atoms with van der Waals surface area (Å²) >= 11 is 4.36. The van der Waals surface area contributed by atoms with Gasteiger partial charge in [0.25, 0.3) is 0 Å². The highest BCUT2D eigenvalue weighted by Gasteiger charge is 2.18. The molecule has 0 aliphatic rings. The zero-order valence-corrected chi connectivity index (χ0v) is 11.0. The van der Waals surface area contributed by atoms with Gasteiger partial charge in [-0.2, -0.15) is 12.6 Å². The minimum absolute atomic E-state index is 0.253. The number of hydrogen-bond donors (Lipinski definition) is 1. The van der Waals surface area contributed by atoms with Crippen molar-refractivity contribution in [1.82, 2.24) is 14.5 Å². The van der Waals surface area contributed by atoms with Crippen LogP contribution in [-0.2, 0) is 13.6 Å². The molecule has 1 rings (SSSR count). The molecule has 1 aromatic rings. The lowest BCUT2D eigenvalue weighted by atomic mass is 9.96. The third-order valence-corrected chi connectivity index (χ3v) is 3.31. The van der Waals surface area contributed by atoms with Gasteiger partial charge in [-0.15, -0.1) is 0 Å². The van der Waals surface area contributed by atoms with E-state index < -0.39 is 0 Å². The summed E-state index contributed by atoms with van der Waals surface area (Å²) in [5.74, 6) is 2.00. The van der Waals surface area contributed by atoms with E-state index in [1.165, 1.54) is 0 Å². The molecule has 0 radical (unpaired) electrons. The van der Waals surface area contributed by atoms with Gasteiger partial charge in [0, 0.05) is 26.0 Å². The normalized spacial score (nSPS) is 12.4. The lowest BCUT2D eigenvalue weighted by Crippen LogP contribution is -2.32. The Hall–Kier alpha value is -0.480. The summed E-state index contributed by atoms with van der Waals surface area (Å²) in [5.41, 5.74) is 0.253. The summed E-state index contributed by atoms with van der Waals surface area (Å²) in [5, 5.41) is 0. The van der Waals surface area contributed by atoms with Crippen LogP contribution in [0.3, 0.4) is 0 Å². The highest BCUT2D eigenvalue weighted by molar-refractivity contribution is 7.80. The van der Waals surface area contributed by atoms with Crippen LogP contribution in [0.5, 0.6) is 0 Å². The number of aryl methyl sites for hydroxylation is 1. The molecule has 0 aliphatic carbocycles. The van der Waals surface area contributed by atoms with Gasteiger partial charge in [0.1, 0.15) is 5.82 Å². The quantitative estimate of drug-likeness (QED) is 0.775. The zero-order valence-electron chi connectivity index (χ0n) is 10.1. The summed E-state index contributed by atoms with van der Waals surface area (Å²) in [4.78, 5) is 6.60. The Labute approximate surface area is 97.9 Å². The molecule has 0 atom stereocenters. The minimum Gasteiger partial charge on any atom is -0.337 e. The third-order valence-electron chi connectivity index (χ3n) is 2.46. The lowest BCUT2D eigenvalue weighted by molar-refractivity contribution is 0.219. The van der Waals surface area contributed by atoms with Crippen LogP contribution in [0.2, 0.25) is 0 Å². The van der Waals surface area contributed by atoms with Crippen molar-refractivity contribution < 1.29 is 0 Å². The molecule has 0 N–H and O–H groups in total. The van der Waals surface area contributed by atoms with Crippen molar-refractivity contribution in [2.75, 3.05) is 19.3 Å². The molecule has 4 heteroatoms. The van der Waals surface area contributed by atoms with E-state index in [4.69, 9.17) is 0 Å². The molecule has 0 aromatic carbocycles. The summed E-state index contributed by atoms with van der Waals surface area (Å²) in [6, 6.07) is 0. The van der Waals surface area contributed by atoms with Crippen LogP contribution < -0.4 is 0 Å². The summed E-state index contributed by atoms with van der Waals surface area (Å²) in [6.45, 7) is 6.38. The number of imidazole rings is 1. The molecule has 0 fully saturated rings. The Morgan fingerprint density at radius 3 is 2.67 bits per heavy atom. The van der Waals surface area contributed by atoms with Crippen LogP contribution in [0.1, 0.15) is 19.7 Å². The van der Waals surface area contributed by atoms with E-state index in [1.807, 2.05) is 19.4 Å². The van der Waals surface area contributed by atoms with Gasteiger partial charge in [-0.1, -0.05) is 13.8 Å². The fourth-order valence-electron chi connectivity index (χ4n) is 1.63. The smallest absolute Gasteiger partial charge is 0.122 e. The molecule has 0 saturated heterocycles. The molecular weight excluding hydrogens is 206 g/mol. The molecule has 0 bridgehead atoms. The predicted octanol–water partition coefficient (Wildman–Crippen LogP) is 1.81. The summed E-state index contributed by atoms with van der Waals surface area (Å²) < 4.78 is 2.06. The molecule has 0 unspecified atom stereocenters. The van der Waals surface area contributed by atoms with Crippen molar-refractivity contribution in [3.63, 3.8) is 0 Å². The van der Waals surface area contributed by atoms with Crippen LogP contribution in [-0.4, -0.2) is 33.8 Å². The zero-order chi connectivity index (χ0) is 11.5. The van der Waals surface area contributed by atoms with E-state index in [0.29, 0.717) is 0 Å². The van der Waals surface area contributed by atoms with Gasteiger partial charge < -0.3 is 4.57 Å². The van der Waals surface area contributed by atoms with E-state index in [2.05, 4.69) is 48.0 Å². The Morgan fingerprint density at radius 2 is 2.20 bits per heavy atom. The van der Waals surface area contributed by atoms with Crippen molar-refractivity contribution in [2.24, 2.45) is 12.5 Å². The molecule has 86 valence electrons. The van der Waals surface area contributed by atoms with E-state index >= 15 is 0 Å². The highest BCUT2D eigenvalue weighted by Crippen LogP contribution is 2.18. The van der Waals surface area contributed by atoms with E-state index in [9.17, 15) is 0 Å². The van der Waals surface area contributed by atoms with Crippen molar-refractivity contribution in [3.8, 4) is 0 Å². The second-order valence-corrected chi connectivity index (χ2v) is 5.27. The van der Waals surface area contributed by atoms with Crippen molar-refractivity contribution in [3.05, 3.63) is 18.2 Å². The topological polar surface area (TPSA) is 21.1 Å². The maximum atomic E-state index is 4.36. The largest absolute Gasteiger partial charge is 0.337 e. The second kappa shape index (κ2) is 5.03. The molecule has 0 aliphatic heterocycles. The van der Waals surface area contributed by atoms with E-state index in [0.717, 1.165) is 24.7 Å². The van der Waals surface area contributed by atoms with Gasteiger partial charge in [-0.3, -0.25) is 4.90 Å². The van der Waals surface area contributed by atoms with Gasteiger partial charge in [0.15, 0.2) is 0 Å². The van der Waals surface area contributed by atoms with E-state index in [-0.39, 0.29) is 5.41 Å². The molecule has 1 heterocycles. The predicted molar refractivity (Wildman–Crippen MR) is 67.2 cm³/mol. The Bertz CT molecular complexity index is 307. The molecule has 1 aromatic heterocycles. The molecule has 15 heavy (non-hydrogen) atoms. The van der Waals surface area contributed by atoms with Crippen molar-refractivity contribution in [1.29, 1.82) is 0 Å². The monoisotopic (exact) mass is 227 g/mol. The van der Waals surface area contributed by atoms with Gasteiger partial charge in [0.2, 0.25) is 0 Å². The van der Waals surface area contributed by atoms with Crippen LogP contribution >= 0.6 is 12.6 Å². The van der Waals surface area contributed by atoms with Crippen LogP contribution in [0, 0.1) is 5.41 Å². The first-order valence-electron chi connectivity index (χ1n) is 5.20. The van der Waals surface area contributed by atoms with Gasteiger partial charge in [0.05, 0.1) is 6.54 Å². The van der Waals surface area contributed by atoms with E-state index in [1.54, 1.807) is 0 Å². The van der Waals surface area contributed by atoms with Crippen molar-refractivity contribution in [2.45, 2.75) is 20.4 Å². The SMILES string of the molecule is CN(Cc1nccn1C)CC(C)(C)CS. The third kappa shape index (κ3) is 3.87. The average molecular weight is 227 g/mol. The molecule has 0 saturated carbocycles. The minimum atomic E-state index is 0.253. The second-order valence-electron chi connectivity index (χ2n) is 4.95. The first kappa shape index (κ1) is 12.6. The fraction of sp³-hybridized carbons (Fsp3) is 0.727. The molecule has 3 nitrogen and oxygen atoms in total. The Kier molecular flexibility index (Phi) is 4.22. The Balaban J connectivity index is 2.50. The summed E-state index contributed by atoms with van der Waals surface area (Å²) in [7, 11) is 4.15. The van der Waals surface area contributed by atoms with Gasteiger partial charge in [-0.25, -0.2) is 4.98 Å². The molecular formula is C11H21N3S. The van der Waals surface area contributed by atoms with Crippen LogP contribution in [0.15, 0.2) is 12.4 Å². The maximum absolute atomic E-state index is 4.36. The maximum Gasteiger partial charge on any atom is 0.122 e. The lowest BCUT2D eigenvalue weighted by Gasteiger charge is -2.28. The number of aromatic nitrogens is 2. The first-order valence-corrected chi connectivity index (χ1v) is 5.83. The number of hydrogen-bond acceptors (Lipinski definition) is 3. The number of nitrogens with zero attached hydrogens (tertiary/aromatic N) is 3. The Morgan fingerprint density at radius 1 is 1.53 bits per heavy atom.